The second-order valence-corrected chi connectivity index (χ2v) is 8.83. The highest BCUT2D eigenvalue weighted by molar-refractivity contribution is 5.88. The average molecular weight is 475 g/mol. The first-order valence-corrected chi connectivity index (χ1v) is 12.4. The van der Waals surface area contributed by atoms with Crippen molar-refractivity contribution >= 4 is 5.78 Å². The van der Waals surface area contributed by atoms with Gasteiger partial charge in [-0.2, -0.15) is 0 Å². The third-order valence-corrected chi connectivity index (χ3v) is 6.10. The summed E-state index contributed by atoms with van der Waals surface area (Å²) in [6.07, 6.45) is -0.760. The molecule has 1 aliphatic rings. The fraction of sp³-hybridized carbons (Fsp3) is 0.367. The summed E-state index contributed by atoms with van der Waals surface area (Å²) in [6, 6.07) is 29.8. The van der Waals surface area contributed by atoms with Gasteiger partial charge in [0, 0.05) is 0 Å². The molecule has 0 amide bonds. The van der Waals surface area contributed by atoms with E-state index in [1.54, 1.807) is 0 Å². The topological polar surface area (TPSA) is 54.0 Å². The Kier molecular flexibility index (Phi) is 9.61. The first-order valence-electron chi connectivity index (χ1n) is 12.4. The first-order chi connectivity index (χ1) is 17.2. The minimum absolute atomic E-state index is 0.0554. The Morgan fingerprint density at radius 2 is 1.23 bits per heavy atom. The summed E-state index contributed by atoms with van der Waals surface area (Å²) in [7, 11) is 0. The molecule has 0 saturated carbocycles. The zero-order chi connectivity index (χ0) is 24.3. The van der Waals surface area contributed by atoms with Crippen molar-refractivity contribution < 1.29 is 23.7 Å². The SMILES string of the molecule is CCC[C@H]1O[C@H](COCc2ccccc2)[C@@H](OCc2ccccc2)[C@H](OCc2ccccc2)C1=O. The van der Waals surface area contributed by atoms with Gasteiger partial charge in [0.15, 0.2) is 5.78 Å². The minimum Gasteiger partial charge on any atom is -0.374 e. The number of ketones is 1. The van der Waals surface area contributed by atoms with Crippen LogP contribution in [0.4, 0.5) is 0 Å². The van der Waals surface area contributed by atoms with Gasteiger partial charge in [0.25, 0.3) is 0 Å². The fourth-order valence-electron chi connectivity index (χ4n) is 4.27. The van der Waals surface area contributed by atoms with E-state index >= 15 is 0 Å². The smallest absolute Gasteiger partial charge is 0.192 e. The largest absolute Gasteiger partial charge is 0.374 e. The van der Waals surface area contributed by atoms with E-state index in [0.29, 0.717) is 32.8 Å². The molecule has 1 saturated heterocycles. The van der Waals surface area contributed by atoms with Gasteiger partial charge in [-0.05, 0) is 23.1 Å². The zero-order valence-corrected chi connectivity index (χ0v) is 20.3. The third kappa shape index (κ3) is 7.33. The highest BCUT2D eigenvalue weighted by Crippen LogP contribution is 2.27. The molecule has 5 heteroatoms. The lowest BCUT2D eigenvalue weighted by Gasteiger charge is -2.40. The van der Waals surface area contributed by atoms with Gasteiger partial charge in [0.05, 0.1) is 26.4 Å². The number of Topliss-reactive ketones (excluding diaryl/α,β-unsaturated/α-hetero) is 1. The molecule has 4 rings (SSSR count). The van der Waals surface area contributed by atoms with Crippen LogP contribution in [0.2, 0.25) is 0 Å². The molecule has 184 valence electrons. The number of carbonyl (C=O) groups is 1. The van der Waals surface area contributed by atoms with E-state index < -0.39 is 24.4 Å². The Labute approximate surface area is 208 Å². The maximum Gasteiger partial charge on any atom is 0.192 e. The van der Waals surface area contributed by atoms with Gasteiger partial charge in [0.1, 0.15) is 24.4 Å². The molecular weight excluding hydrogens is 440 g/mol. The van der Waals surface area contributed by atoms with Gasteiger partial charge in [-0.3, -0.25) is 4.79 Å². The molecule has 3 aromatic carbocycles. The molecular formula is C30H34O5. The van der Waals surface area contributed by atoms with Crippen LogP contribution in [0.5, 0.6) is 0 Å². The van der Waals surface area contributed by atoms with Crippen LogP contribution in [0.3, 0.4) is 0 Å². The van der Waals surface area contributed by atoms with E-state index in [1.807, 2.05) is 91.0 Å². The fourth-order valence-corrected chi connectivity index (χ4v) is 4.27. The second-order valence-electron chi connectivity index (χ2n) is 8.83. The number of carbonyl (C=O) groups excluding carboxylic acids is 1. The quantitative estimate of drug-likeness (QED) is 0.346. The molecule has 0 radical (unpaired) electrons. The van der Waals surface area contributed by atoms with Gasteiger partial charge in [-0.1, -0.05) is 104 Å². The van der Waals surface area contributed by atoms with Crippen molar-refractivity contribution in [3.63, 3.8) is 0 Å². The van der Waals surface area contributed by atoms with Gasteiger partial charge >= 0.3 is 0 Å². The molecule has 35 heavy (non-hydrogen) atoms. The summed E-state index contributed by atoms with van der Waals surface area (Å²) in [4.78, 5) is 13.4. The van der Waals surface area contributed by atoms with Gasteiger partial charge < -0.3 is 18.9 Å². The van der Waals surface area contributed by atoms with Gasteiger partial charge in [-0.25, -0.2) is 0 Å². The highest BCUT2D eigenvalue weighted by atomic mass is 16.6. The average Bonchev–Trinajstić information content (AvgIpc) is 2.90. The molecule has 0 N–H and O–H groups in total. The second kappa shape index (κ2) is 13.3. The molecule has 4 atom stereocenters. The zero-order valence-electron chi connectivity index (χ0n) is 20.3. The lowest BCUT2D eigenvalue weighted by Crippen LogP contribution is -2.58. The van der Waals surface area contributed by atoms with Crippen molar-refractivity contribution in [1.82, 2.24) is 0 Å². The van der Waals surface area contributed by atoms with Crippen molar-refractivity contribution in [1.29, 1.82) is 0 Å². The molecule has 1 fully saturated rings. The maximum absolute atomic E-state index is 13.4. The Morgan fingerprint density at radius 1 is 0.714 bits per heavy atom. The number of rotatable bonds is 12. The van der Waals surface area contributed by atoms with E-state index in [9.17, 15) is 4.79 Å². The van der Waals surface area contributed by atoms with Crippen LogP contribution in [0.25, 0.3) is 0 Å². The molecule has 5 nitrogen and oxygen atoms in total. The monoisotopic (exact) mass is 474 g/mol. The summed E-state index contributed by atoms with van der Waals surface area (Å²) in [5.74, 6) is -0.0554. The molecule has 0 unspecified atom stereocenters. The molecule has 1 aliphatic heterocycles. The number of hydrogen-bond donors (Lipinski definition) is 0. The van der Waals surface area contributed by atoms with Gasteiger partial charge in [0.2, 0.25) is 0 Å². The van der Waals surface area contributed by atoms with Crippen LogP contribution in [-0.2, 0) is 43.6 Å². The first kappa shape index (κ1) is 25.3. The lowest BCUT2D eigenvalue weighted by atomic mass is 9.93. The summed E-state index contributed by atoms with van der Waals surface area (Å²) in [6.45, 7) is 3.52. The van der Waals surface area contributed by atoms with E-state index in [1.165, 1.54) is 0 Å². The van der Waals surface area contributed by atoms with Crippen molar-refractivity contribution in [2.75, 3.05) is 6.61 Å². The van der Waals surface area contributed by atoms with Gasteiger partial charge in [-0.15, -0.1) is 0 Å². The summed E-state index contributed by atoms with van der Waals surface area (Å²) in [5, 5.41) is 0. The standard InChI is InChI=1S/C30H34O5/c1-2-12-26-28(31)30(34-21-25-17-10-5-11-18-25)29(33-20-24-15-8-4-9-16-24)27(35-26)22-32-19-23-13-6-3-7-14-23/h3-11,13-18,26-27,29-30H,2,12,19-22H2,1H3/t26-,27-,29-,30-/m1/s1. The van der Waals surface area contributed by atoms with Crippen molar-refractivity contribution in [3.05, 3.63) is 108 Å². The van der Waals surface area contributed by atoms with Crippen LogP contribution in [0.15, 0.2) is 91.0 Å². The lowest BCUT2D eigenvalue weighted by molar-refractivity contribution is -0.214. The highest BCUT2D eigenvalue weighted by Gasteiger charge is 2.46. The summed E-state index contributed by atoms with van der Waals surface area (Å²) in [5.41, 5.74) is 3.13. The van der Waals surface area contributed by atoms with E-state index in [-0.39, 0.29) is 5.78 Å². The molecule has 0 aromatic heterocycles. The minimum atomic E-state index is -0.727. The van der Waals surface area contributed by atoms with Crippen molar-refractivity contribution in [2.45, 2.75) is 64.0 Å². The molecule has 1 heterocycles. The van der Waals surface area contributed by atoms with Crippen LogP contribution in [0, 0.1) is 0 Å². The normalized spacial score (nSPS) is 22.3. The molecule has 0 bridgehead atoms. The molecule has 3 aromatic rings. The van der Waals surface area contributed by atoms with E-state index in [2.05, 4.69) is 6.92 Å². The molecule has 0 spiro atoms. The summed E-state index contributed by atoms with van der Waals surface area (Å²) >= 11 is 0. The Hall–Kier alpha value is -2.83. The van der Waals surface area contributed by atoms with Crippen LogP contribution < -0.4 is 0 Å². The van der Waals surface area contributed by atoms with Crippen LogP contribution in [0.1, 0.15) is 36.5 Å². The predicted octanol–water partition coefficient (Wildman–Crippen LogP) is 5.51. The van der Waals surface area contributed by atoms with E-state index in [4.69, 9.17) is 18.9 Å². The number of ether oxygens (including phenoxy) is 4. The van der Waals surface area contributed by atoms with E-state index in [0.717, 1.165) is 23.1 Å². The van der Waals surface area contributed by atoms with Crippen molar-refractivity contribution in [2.24, 2.45) is 0 Å². The Bertz CT molecular complexity index is 1010. The van der Waals surface area contributed by atoms with Crippen molar-refractivity contribution in [3.8, 4) is 0 Å². The Balaban J connectivity index is 1.51. The predicted molar refractivity (Wildman–Crippen MR) is 135 cm³/mol. The molecule has 0 aliphatic carbocycles. The van der Waals surface area contributed by atoms with Crippen LogP contribution in [-0.4, -0.2) is 36.8 Å². The maximum atomic E-state index is 13.4. The summed E-state index contributed by atoms with van der Waals surface area (Å²) < 4.78 is 24.9. The number of benzene rings is 3. The van der Waals surface area contributed by atoms with Crippen LogP contribution >= 0.6 is 0 Å². The Morgan fingerprint density at radius 3 is 1.77 bits per heavy atom. The number of hydrogen-bond acceptors (Lipinski definition) is 5. The third-order valence-electron chi connectivity index (χ3n) is 6.10.